The van der Waals surface area contributed by atoms with Gasteiger partial charge >= 0.3 is 0 Å². The topological polar surface area (TPSA) is 41.1 Å². The standard InChI is InChI=1S/C14H26N2O/c1-9-4-5-12(6-10(9)2)16-14(17)13-8-15-7-11(13)3/h9-13,15H,4-8H2,1-3H3,(H,16,17)/t9?,10?,11-,12?,13-/m1/s1. The van der Waals surface area contributed by atoms with E-state index in [1.54, 1.807) is 0 Å². The van der Waals surface area contributed by atoms with Crippen molar-refractivity contribution >= 4 is 5.91 Å². The molecule has 1 amide bonds. The number of carbonyl (C=O) groups excluding carboxylic acids is 1. The third kappa shape index (κ3) is 3.01. The first kappa shape index (κ1) is 12.9. The Morgan fingerprint density at radius 2 is 1.82 bits per heavy atom. The van der Waals surface area contributed by atoms with Crippen LogP contribution in [0.2, 0.25) is 0 Å². The third-order valence-electron chi connectivity index (χ3n) is 4.80. The monoisotopic (exact) mass is 238 g/mol. The summed E-state index contributed by atoms with van der Waals surface area (Å²) in [4.78, 5) is 12.2. The van der Waals surface area contributed by atoms with Crippen molar-refractivity contribution in [1.82, 2.24) is 10.6 Å². The van der Waals surface area contributed by atoms with Crippen LogP contribution >= 0.6 is 0 Å². The van der Waals surface area contributed by atoms with E-state index >= 15 is 0 Å². The van der Waals surface area contributed by atoms with Crippen molar-refractivity contribution in [2.24, 2.45) is 23.7 Å². The van der Waals surface area contributed by atoms with Crippen molar-refractivity contribution in [3.05, 3.63) is 0 Å². The van der Waals surface area contributed by atoms with Crippen molar-refractivity contribution in [3.63, 3.8) is 0 Å². The molecule has 0 spiro atoms. The van der Waals surface area contributed by atoms with E-state index in [4.69, 9.17) is 0 Å². The lowest BCUT2D eigenvalue weighted by Gasteiger charge is -2.33. The molecule has 17 heavy (non-hydrogen) atoms. The quantitative estimate of drug-likeness (QED) is 0.770. The van der Waals surface area contributed by atoms with Gasteiger partial charge in [-0.15, -0.1) is 0 Å². The van der Waals surface area contributed by atoms with Gasteiger partial charge in [-0.3, -0.25) is 4.79 Å². The molecular weight excluding hydrogens is 212 g/mol. The molecule has 1 saturated heterocycles. The summed E-state index contributed by atoms with van der Waals surface area (Å²) in [5, 5.41) is 6.56. The van der Waals surface area contributed by atoms with Gasteiger partial charge in [0.2, 0.25) is 5.91 Å². The summed E-state index contributed by atoms with van der Waals surface area (Å²) in [7, 11) is 0. The van der Waals surface area contributed by atoms with Gasteiger partial charge in [-0.2, -0.15) is 0 Å². The minimum absolute atomic E-state index is 0.185. The van der Waals surface area contributed by atoms with Crippen LogP contribution in [0, 0.1) is 23.7 Å². The molecule has 0 radical (unpaired) electrons. The Kier molecular flexibility index (Phi) is 4.08. The highest BCUT2D eigenvalue weighted by Crippen LogP contribution is 2.29. The van der Waals surface area contributed by atoms with Gasteiger partial charge in [-0.05, 0) is 43.6 Å². The molecule has 1 heterocycles. The zero-order chi connectivity index (χ0) is 12.4. The molecule has 1 saturated carbocycles. The summed E-state index contributed by atoms with van der Waals surface area (Å²) in [6.07, 6.45) is 3.57. The van der Waals surface area contributed by atoms with Crippen LogP contribution < -0.4 is 10.6 Å². The lowest BCUT2D eigenvalue weighted by atomic mass is 9.79. The first-order valence-electron chi connectivity index (χ1n) is 7.09. The molecule has 0 aromatic rings. The van der Waals surface area contributed by atoms with Crippen molar-refractivity contribution in [2.45, 2.75) is 46.1 Å². The maximum absolute atomic E-state index is 12.2. The minimum atomic E-state index is 0.185. The molecule has 0 bridgehead atoms. The molecule has 3 unspecified atom stereocenters. The SMILES string of the molecule is CC1CCC(NC(=O)[C@@H]2CNC[C@H]2C)CC1C. The van der Waals surface area contributed by atoms with Crippen LogP contribution in [0.25, 0.3) is 0 Å². The second-order valence-electron chi connectivity index (χ2n) is 6.22. The highest BCUT2D eigenvalue weighted by molar-refractivity contribution is 5.79. The van der Waals surface area contributed by atoms with E-state index < -0.39 is 0 Å². The zero-order valence-corrected chi connectivity index (χ0v) is 11.3. The van der Waals surface area contributed by atoms with Crippen molar-refractivity contribution in [1.29, 1.82) is 0 Å². The van der Waals surface area contributed by atoms with Gasteiger partial charge in [0.25, 0.3) is 0 Å². The molecule has 2 aliphatic rings. The molecule has 2 fully saturated rings. The van der Waals surface area contributed by atoms with Crippen LogP contribution in [-0.4, -0.2) is 25.0 Å². The number of nitrogens with one attached hydrogen (secondary N) is 2. The van der Waals surface area contributed by atoms with Crippen LogP contribution in [0.1, 0.15) is 40.0 Å². The Bertz CT molecular complexity index is 279. The Labute approximate surface area is 105 Å². The highest BCUT2D eigenvalue weighted by atomic mass is 16.2. The van der Waals surface area contributed by atoms with Crippen LogP contribution in [0.5, 0.6) is 0 Å². The first-order chi connectivity index (χ1) is 8.08. The molecule has 2 N–H and O–H groups in total. The Balaban J connectivity index is 1.82. The van der Waals surface area contributed by atoms with Gasteiger partial charge in [-0.25, -0.2) is 0 Å². The van der Waals surface area contributed by atoms with E-state index in [1.165, 1.54) is 6.42 Å². The predicted molar refractivity (Wildman–Crippen MR) is 69.6 cm³/mol. The lowest BCUT2D eigenvalue weighted by Crippen LogP contribution is -2.44. The van der Waals surface area contributed by atoms with Crippen LogP contribution in [0.4, 0.5) is 0 Å². The van der Waals surface area contributed by atoms with Crippen LogP contribution in [0.15, 0.2) is 0 Å². The van der Waals surface area contributed by atoms with E-state index in [9.17, 15) is 4.79 Å². The summed E-state index contributed by atoms with van der Waals surface area (Å²) < 4.78 is 0. The number of rotatable bonds is 2. The Hall–Kier alpha value is -0.570. The van der Waals surface area contributed by atoms with Gasteiger partial charge in [0, 0.05) is 12.6 Å². The van der Waals surface area contributed by atoms with E-state index in [0.29, 0.717) is 12.0 Å². The Morgan fingerprint density at radius 3 is 2.41 bits per heavy atom. The summed E-state index contributed by atoms with van der Waals surface area (Å²) in [5.74, 6) is 2.50. The minimum Gasteiger partial charge on any atom is -0.353 e. The van der Waals surface area contributed by atoms with Crippen molar-refractivity contribution in [2.75, 3.05) is 13.1 Å². The second-order valence-corrected chi connectivity index (χ2v) is 6.22. The van der Waals surface area contributed by atoms with Crippen molar-refractivity contribution in [3.8, 4) is 0 Å². The van der Waals surface area contributed by atoms with Crippen LogP contribution in [0.3, 0.4) is 0 Å². The number of hydrogen-bond acceptors (Lipinski definition) is 2. The van der Waals surface area contributed by atoms with Gasteiger partial charge < -0.3 is 10.6 Å². The average Bonchev–Trinajstić information content (AvgIpc) is 2.70. The van der Waals surface area contributed by atoms with Gasteiger partial charge in [0.05, 0.1) is 5.92 Å². The first-order valence-corrected chi connectivity index (χ1v) is 7.09. The summed E-state index contributed by atoms with van der Waals surface area (Å²) >= 11 is 0. The molecule has 1 aliphatic heterocycles. The van der Waals surface area contributed by atoms with Gasteiger partial charge in [0.1, 0.15) is 0 Å². The van der Waals surface area contributed by atoms with E-state index in [1.807, 2.05) is 0 Å². The fraction of sp³-hybridized carbons (Fsp3) is 0.929. The summed E-state index contributed by atoms with van der Waals surface area (Å²) in [6, 6.07) is 0.418. The smallest absolute Gasteiger partial charge is 0.224 e. The van der Waals surface area contributed by atoms with E-state index in [0.717, 1.165) is 37.8 Å². The molecular formula is C14H26N2O. The summed E-state index contributed by atoms with van der Waals surface area (Å²) in [6.45, 7) is 8.63. The second kappa shape index (κ2) is 5.38. The maximum Gasteiger partial charge on any atom is 0.224 e. The highest BCUT2D eigenvalue weighted by Gasteiger charge is 2.32. The molecule has 0 aromatic heterocycles. The largest absolute Gasteiger partial charge is 0.353 e. The molecule has 2 rings (SSSR count). The molecule has 98 valence electrons. The third-order valence-corrected chi connectivity index (χ3v) is 4.80. The fourth-order valence-corrected chi connectivity index (χ4v) is 3.15. The fourth-order valence-electron chi connectivity index (χ4n) is 3.15. The van der Waals surface area contributed by atoms with Gasteiger partial charge in [-0.1, -0.05) is 20.8 Å². The molecule has 1 aliphatic carbocycles. The molecule has 3 heteroatoms. The normalized spacial score (nSPS) is 42.4. The number of carbonyl (C=O) groups is 1. The van der Waals surface area contributed by atoms with Crippen molar-refractivity contribution < 1.29 is 4.79 Å². The average molecular weight is 238 g/mol. The molecule has 0 aromatic carbocycles. The lowest BCUT2D eigenvalue weighted by molar-refractivity contribution is -0.126. The molecule has 5 atom stereocenters. The Morgan fingerprint density at radius 1 is 1.06 bits per heavy atom. The number of amides is 1. The zero-order valence-electron chi connectivity index (χ0n) is 11.3. The van der Waals surface area contributed by atoms with E-state index in [-0.39, 0.29) is 11.8 Å². The summed E-state index contributed by atoms with van der Waals surface area (Å²) in [5.41, 5.74) is 0. The van der Waals surface area contributed by atoms with E-state index in [2.05, 4.69) is 31.4 Å². The predicted octanol–water partition coefficient (Wildman–Crippen LogP) is 1.78. The number of hydrogen-bond donors (Lipinski definition) is 2. The van der Waals surface area contributed by atoms with Gasteiger partial charge in [0.15, 0.2) is 0 Å². The maximum atomic E-state index is 12.2. The van der Waals surface area contributed by atoms with Crippen LogP contribution in [-0.2, 0) is 4.79 Å². The molecule has 3 nitrogen and oxygen atoms in total.